The fourth-order valence-corrected chi connectivity index (χ4v) is 1.83. The first-order valence-corrected chi connectivity index (χ1v) is 6.01. The van der Waals surface area contributed by atoms with E-state index >= 15 is 0 Å². The first-order chi connectivity index (χ1) is 9.22. The smallest absolute Gasteiger partial charge is 0.123 e. The molecule has 0 radical (unpaired) electrons. The minimum Gasteiger partial charge on any atom is -0.497 e. The average Bonchev–Trinajstić information content (AvgIpc) is 2.46. The number of hydrogen-bond acceptors (Lipinski definition) is 2. The lowest BCUT2D eigenvalue weighted by Crippen LogP contribution is -2.01. The van der Waals surface area contributed by atoms with Crippen LogP contribution in [0, 0.1) is 5.82 Å². The molecule has 0 heterocycles. The van der Waals surface area contributed by atoms with Crippen molar-refractivity contribution in [3.05, 3.63) is 66.0 Å². The molecule has 2 rings (SSSR count). The van der Waals surface area contributed by atoms with Gasteiger partial charge in [-0.2, -0.15) is 0 Å². The van der Waals surface area contributed by atoms with E-state index in [0.717, 1.165) is 22.6 Å². The molecule has 0 bridgehead atoms. The molecule has 0 unspecified atom stereocenters. The molecule has 0 aliphatic rings. The zero-order valence-corrected chi connectivity index (χ0v) is 10.8. The van der Waals surface area contributed by atoms with Crippen LogP contribution in [-0.2, 0) is 6.54 Å². The number of nitrogens with one attached hydrogen (secondary N) is 1. The van der Waals surface area contributed by atoms with Crippen molar-refractivity contribution in [2.75, 3.05) is 12.4 Å². The molecule has 0 saturated heterocycles. The van der Waals surface area contributed by atoms with Gasteiger partial charge >= 0.3 is 0 Å². The van der Waals surface area contributed by atoms with E-state index in [1.165, 1.54) is 12.1 Å². The zero-order chi connectivity index (χ0) is 13.7. The number of benzene rings is 2. The molecule has 0 fully saturated rings. The summed E-state index contributed by atoms with van der Waals surface area (Å²) in [7, 11) is 1.63. The highest BCUT2D eigenvalue weighted by molar-refractivity contribution is 5.54. The minimum absolute atomic E-state index is 0.239. The lowest BCUT2D eigenvalue weighted by molar-refractivity contribution is 0.415. The molecule has 2 aromatic carbocycles. The summed E-state index contributed by atoms with van der Waals surface area (Å²) in [4.78, 5) is 0. The highest BCUT2D eigenvalue weighted by Gasteiger charge is 2.02. The van der Waals surface area contributed by atoms with Gasteiger partial charge in [0.25, 0.3) is 0 Å². The summed E-state index contributed by atoms with van der Waals surface area (Å²) in [5.41, 5.74) is 2.77. The molecule has 1 N–H and O–H groups in total. The van der Waals surface area contributed by atoms with Gasteiger partial charge in [-0.25, -0.2) is 4.39 Å². The highest BCUT2D eigenvalue weighted by Crippen LogP contribution is 2.18. The normalized spacial score (nSPS) is 10.0. The van der Waals surface area contributed by atoms with Crippen molar-refractivity contribution in [1.29, 1.82) is 0 Å². The van der Waals surface area contributed by atoms with Crippen molar-refractivity contribution in [1.82, 2.24) is 0 Å². The van der Waals surface area contributed by atoms with Gasteiger partial charge in [-0.3, -0.25) is 0 Å². The van der Waals surface area contributed by atoms with E-state index in [1.54, 1.807) is 19.3 Å². The SMILES string of the molecule is C=Cc1ccc(F)cc1CNc1ccc(OC)cc1. The number of ether oxygens (including phenoxy) is 1. The third-order valence-electron chi connectivity index (χ3n) is 2.90. The van der Waals surface area contributed by atoms with Crippen LogP contribution in [0.5, 0.6) is 5.75 Å². The fraction of sp³-hybridized carbons (Fsp3) is 0.125. The highest BCUT2D eigenvalue weighted by atomic mass is 19.1. The zero-order valence-electron chi connectivity index (χ0n) is 10.8. The van der Waals surface area contributed by atoms with Crippen molar-refractivity contribution < 1.29 is 9.13 Å². The predicted octanol–water partition coefficient (Wildman–Crippen LogP) is 4.09. The molecule has 2 nitrogen and oxygen atoms in total. The summed E-state index contributed by atoms with van der Waals surface area (Å²) < 4.78 is 18.3. The third-order valence-corrected chi connectivity index (χ3v) is 2.90. The van der Waals surface area contributed by atoms with Crippen molar-refractivity contribution in [2.24, 2.45) is 0 Å². The molecular weight excluding hydrogens is 241 g/mol. The van der Waals surface area contributed by atoms with Crippen LogP contribution in [0.1, 0.15) is 11.1 Å². The average molecular weight is 257 g/mol. The Morgan fingerprint density at radius 1 is 1.21 bits per heavy atom. The Morgan fingerprint density at radius 2 is 1.95 bits per heavy atom. The third kappa shape index (κ3) is 3.35. The van der Waals surface area contributed by atoms with Gasteiger partial charge in [0.2, 0.25) is 0 Å². The molecule has 0 aliphatic heterocycles. The van der Waals surface area contributed by atoms with Gasteiger partial charge in [-0.15, -0.1) is 0 Å². The van der Waals surface area contributed by atoms with Gasteiger partial charge in [0.15, 0.2) is 0 Å². The van der Waals surface area contributed by atoms with Crippen LogP contribution in [0.4, 0.5) is 10.1 Å². The van der Waals surface area contributed by atoms with Crippen LogP contribution in [0.2, 0.25) is 0 Å². The quantitative estimate of drug-likeness (QED) is 0.871. The number of halogens is 1. The minimum atomic E-state index is -0.239. The molecule has 0 aromatic heterocycles. The lowest BCUT2D eigenvalue weighted by Gasteiger charge is -2.10. The van der Waals surface area contributed by atoms with E-state index < -0.39 is 0 Å². The Labute approximate surface area is 112 Å². The van der Waals surface area contributed by atoms with Crippen LogP contribution in [0.15, 0.2) is 49.0 Å². The second-order valence-corrected chi connectivity index (χ2v) is 4.13. The van der Waals surface area contributed by atoms with E-state index in [1.807, 2.05) is 24.3 Å². The number of hydrogen-bond donors (Lipinski definition) is 1. The summed E-state index contributed by atoms with van der Waals surface area (Å²) in [5.74, 6) is 0.570. The summed E-state index contributed by atoms with van der Waals surface area (Å²) in [6, 6.07) is 12.3. The van der Waals surface area contributed by atoms with Crippen LogP contribution >= 0.6 is 0 Å². The monoisotopic (exact) mass is 257 g/mol. The summed E-state index contributed by atoms with van der Waals surface area (Å²) in [5, 5.41) is 3.24. The summed E-state index contributed by atoms with van der Waals surface area (Å²) in [6.07, 6.45) is 1.73. The topological polar surface area (TPSA) is 21.3 Å². The maximum atomic E-state index is 13.2. The summed E-state index contributed by atoms with van der Waals surface area (Å²) >= 11 is 0. The molecule has 19 heavy (non-hydrogen) atoms. The Morgan fingerprint density at radius 3 is 2.58 bits per heavy atom. The van der Waals surface area contributed by atoms with Crippen molar-refractivity contribution >= 4 is 11.8 Å². The molecule has 0 spiro atoms. The van der Waals surface area contributed by atoms with Crippen molar-refractivity contribution in [2.45, 2.75) is 6.54 Å². The molecule has 0 aliphatic carbocycles. The first-order valence-electron chi connectivity index (χ1n) is 6.01. The molecule has 0 saturated carbocycles. The molecule has 3 heteroatoms. The molecule has 0 amide bonds. The van der Waals surface area contributed by atoms with E-state index in [2.05, 4.69) is 11.9 Å². The maximum Gasteiger partial charge on any atom is 0.123 e. The molecule has 98 valence electrons. The van der Waals surface area contributed by atoms with E-state index in [4.69, 9.17) is 4.74 Å². The fourth-order valence-electron chi connectivity index (χ4n) is 1.83. The van der Waals surface area contributed by atoms with Gasteiger partial charge in [-0.1, -0.05) is 18.7 Å². The van der Waals surface area contributed by atoms with Gasteiger partial charge < -0.3 is 10.1 Å². The Kier molecular flexibility index (Phi) is 4.18. The van der Waals surface area contributed by atoms with Gasteiger partial charge in [0.1, 0.15) is 11.6 Å². The predicted molar refractivity (Wildman–Crippen MR) is 76.8 cm³/mol. The van der Waals surface area contributed by atoms with Crippen molar-refractivity contribution in [3.63, 3.8) is 0 Å². The Bertz CT molecular complexity index is 563. The Balaban J connectivity index is 2.09. The second kappa shape index (κ2) is 6.05. The van der Waals surface area contributed by atoms with Crippen LogP contribution < -0.4 is 10.1 Å². The maximum absolute atomic E-state index is 13.2. The summed E-state index contributed by atoms with van der Waals surface area (Å²) in [6.45, 7) is 4.28. The number of rotatable bonds is 5. The van der Waals surface area contributed by atoms with Crippen molar-refractivity contribution in [3.8, 4) is 5.75 Å². The van der Waals surface area contributed by atoms with E-state index in [9.17, 15) is 4.39 Å². The lowest BCUT2D eigenvalue weighted by atomic mass is 10.1. The van der Waals surface area contributed by atoms with Gasteiger partial charge in [0, 0.05) is 12.2 Å². The van der Waals surface area contributed by atoms with Crippen LogP contribution in [-0.4, -0.2) is 7.11 Å². The standard InChI is InChI=1S/C16H16FNO/c1-3-12-4-5-14(17)10-13(12)11-18-15-6-8-16(19-2)9-7-15/h3-10,18H,1,11H2,2H3. The number of anilines is 1. The van der Waals surface area contributed by atoms with Gasteiger partial charge in [0.05, 0.1) is 7.11 Å². The van der Waals surface area contributed by atoms with E-state index in [-0.39, 0.29) is 5.82 Å². The first kappa shape index (κ1) is 13.1. The second-order valence-electron chi connectivity index (χ2n) is 4.13. The van der Waals surface area contributed by atoms with Crippen LogP contribution in [0.25, 0.3) is 6.08 Å². The largest absolute Gasteiger partial charge is 0.497 e. The number of methoxy groups -OCH3 is 1. The van der Waals surface area contributed by atoms with E-state index in [0.29, 0.717) is 6.54 Å². The van der Waals surface area contributed by atoms with Crippen LogP contribution in [0.3, 0.4) is 0 Å². The molecule has 2 aromatic rings. The van der Waals surface area contributed by atoms with Gasteiger partial charge in [-0.05, 0) is 47.5 Å². The molecule has 0 atom stereocenters. The Hall–Kier alpha value is -2.29. The molecular formula is C16H16FNO.